The maximum atomic E-state index is 4.55. The predicted octanol–water partition coefficient (Wildman–Crippen LogP) is 3.09. The lowest BCUT2D eigenvalue weighted by Crippen LogP contribution is -2.43. The van der Waals surface area contributed by atoms with Crippen molar-refractivity contribution in [1.82, 2.24) is 15.2 Å². The van der Waals surface area contributed by atoms with E-state index in [0.29, 0.717) is 12.1 Å². The number of likely N-dealkylation sites (tertiary alicyclic amines) is 1. The molecule has 1 saturated heterocycles. The molecule has 0 bridgehead atoms. The van der Waals surface area contributed by atoms with E-state index >= 15 is 0 Å². The van der Waals surface area contributed by atoms with Gasteiger partial charge in [0.15, 0.2) is 0 Å². The number of nitrogens with zero attached hydrogens (tertiary/aromatic N) is 2. The van der Waals surface area contributed by atoms with Gasteiger partial charge < -0.3 is 10.2 Å². The molecule has 1 fully saturated rings. The van der Waals surface area contributed by atoms with E-state index in [4.69, 9.17) is 0 Å². The first-order valence-electron chi connectivity index (χ1n) is 7.49. The van der Waals surface area contributed by atoms with Gasteiger partial charge in [-0.1, -0.05) is 6.92 Å². The van der Waals surface area contributed by atoms with E-state index in [-0.39, 0.29) is 0 Å². The highest BCUT2D eigenvalue weighted by Crippen LogP contribution is 2.24. The van der Waals surface area contributed by atoms with Crippen LogP contribution in [0.3, 0.4) is 0 Å². The summed E-state index contributed by atoms with van der Waals surface area (Å²) in [6.07, 6.45) is 5.80. The van der Waals surface area contributed by atoms with Crippen LogP contribution in [0.5, 0.6) is 0 Å². The van der Waals surface area contributed by atoms with Crippen molar-refractivity contribution in [3.05, 3.63) is 16.1 Å². The molecule has 1 aromatic heterocycles. The van der Waals surface area contributed by atoms with Crippen LogP contribution in [-0.2, 0) is 6.42 Å². The summed E-state index contributed by atoms with van der Waals surface area (Å²) in [7, 11) is 2.23. The van der Waals surface area contributed by atoms with Gasteiger partial charge in [0.2, 0.25) is 0 Å². The normalized spacial score (nSPS) is 24.3. The van der Waals surface area contributed by atoms with Crippen molar-refractivity contribution in [2.75, 3.05) is 20.1 Å². The zero-order chi connectivity index (χ0) is 13.8. The summed E-state index contributed by atoms with van der Waals surface area (Å²) >= 11 is 1.85. The first kappa shape index (κ1) is 14.9. The molecule has 0 aromatic carbocycles. The fourth-order valence-electron chi connectivity index (χ4n) is 2.90. The van der Waals surface area contributed by atoms with Gasteiger partial charge in [0, 0.05) is 23.7 Å². The minimum Gasteiger partial charge on any atom is -0.306 e. The van der Waals surface area contributed by atoms with Crippen molar-refractivity contribution in [2.45, 2.75) is 52.1 Å². The molecule has 108 valence electrons. The molecule has 1 N–H and O–H groups in total. The molecule has 4 heteroatoms. The summed E-state index contributed by atoms with van der Waals surface area (Å²) < 4.78 is 0. The Hall–Kier alpha value is -0.450. The number of hydrogen-bond acceptors (Lipinski definition) is 4. The van der Waals surface area contributed by atoms with Gasteiger partial charge in [0.05, 0.1) is 6.04 Å². The fraction of sp³-hybridized carbons (Fsp3) is 0.800. The van der Waals surface area contributed by atoms with Crippen LogP contribution in [0.2, 0.25) is 0 Å². The molecule has 0 radical (unpaired) electrons. The third kappa shape index (κ3) is 4.01. The van der Waals surface area contributed by atoms with Crippen molar-refractivity contribution in [1.29, 1.82) is 0 Å². The monoisotopic (exact) mass is 281 g/mol. The number of nitrogens with one attached hydrogen (secondary N) is 1. The Morgan fingerprint density at radius 1 is 1.53 bits per heavy atom. The summed E-state index contributed by atoms with van der Waals surface area (Å²) in [5.41, 5.74) is 0. The number of thiazole rings is 1. The van der Waals surface area contributed by atoms with Gasteiger partial charge in [-0.3, -0.25) is 0 Å². The standard InChI is InChI=1S/C15H27N3S/c1-5-14-9-16-15(19-14)12(3)17-11(2)13-7-6-8-18(4)10-13/h9,11-13,17H,5-8,10H2,1-4H3. The van der Waals surface area contributed by atoms with Crippen LogP contribution in [0, 0.1) is 5.92 Å². The third-order valence-corrected chi connectivity index (χ3v) is 5.50. The minimum absolute atomic E-state index is 0.368. The Balaban J connectivity index is 1.88. The quantitative estimate of drug-likeness (QED) is 0.899. The van der Waals surface area contributed by atoms with Crippen molar-refractivity contribution >= 4 is 11.3 Å². The van der Waals surface area contributed by atoms with Gasteiger partial charge in [0.1, 0.15) is 5.01 Å². The van der Waals surface area contributed by atoms with E-state index in [9.17, 15) is 0 Å². The molecule has 0 amide bonds. The molecule has 0 spiro atoms. The van der Waals surface area contributed by atoms with Gasteiger partial charge in [-0.2, -0.15) is 0 Å². The molecule has 1 aliphatic heterocycles. The average molecular weight is 281 g/mol. The Labute approximate surface area is 121 Å². The second-order valence-corrected chi connectivity index (χ2v) is 7.01. The van der Waals surface area contributed by atoms with E-state index < -0.39 is 0 Å². The minimum atomic E-state index is 0.368. The van der Waals surface area contributed by atoms with Crippen LogP contribution in [0.25, 0.3) is 0 Å². The van der Waals surface area contributed by atoms with Gasteiger partial charge in [0.25, 0.3) is 0 Å². The first-order valence-corrected chi connectivity index (χ1v) is 8.31. The largest absolute Gasteiger partial charge is 0.306 e. The van der Waals surface area contributed by atoms with Crippen LogP contribution in [0.1, 0.15) is 49.5 Å². The summed E-state index contributed by atoms with van der Waals surface area (Å²) in [5.74, 6) is 0.770. The molecule has 3 unspecified atom stereocenters. The van der Waals surface area contributed by atoms with Crippen molar-refractivity contribution < 1.29 is 0 Å². The lowest BCUT2D eigenvalue weighted by Gasteiger charge is -2.35. The molecule has 3 atom stereocenters. The Bertz CT molecular complexity index is 390. The van der Waals surface area contributed by atoms with E-state index in [1.54, 1.807) is 0 Å². The van der Waals surface area contributed by atoms with Gasteiger partial charge in [-0.15, -0.1) is 11.3 Å². The zero-order valence-corrected chi connectivity index (χ0v) is 13.5. The summed E-state index contributed by atoms with van der Waals surface area (Å²) in [6.45, 7) is 9.23. The van der Waals surface area contributed by atoms with E-state index in [0.717, 1.165) is 12.3 Å². The van der Waals surface area contributed by atoms with Gasteiger partial charge >= 0.3 is 0 Å². The van der Waals surface area contributed by atoms with E-state index in [1.807, 2.05) is 17.5 Å². The molecule has 0 aliphatic carbocycles. The number of rotatable bonds is 5. The lowest BCUT2D eigenvalue weighted by atomic mass is 9.91. The Morgan fingerprint density at radius 2 is 2.32 bits per heavy atom. The highest BCUT2D eigenvalue weighted by molar-refractivity contribution is 7.11. The van der Waals surface area contributed by atoms with Gasteiger partial charge in [-0.25, -0.2) is 4.98 Å². The molecule has 0 saturated carbocycles. The van der Waals surface area contributed by atoms with E-state index in [2.05, 4.69) is 43.0 Å². The van der Waals surface area contributed by atoms with E-state index in [1.165, 1.54) is 35.8 Å². The summed E-state index contributed by atoms with van der Waals surface area (Å²) in [5, 5.41) is 4.97. The van der Waals surface area contributed by atoms with Crippen LogP contribution in [-0.4, -0.2) is 36.1 Å². The molecule has 1 aliphatic rings. The Morgan fingerprint density at radius 3 is 2.95 bits per heavy atom. The third-order valence-electron chi connectivity index (χ3n) is 4.17. The Kier molecular flexibility index (Phi) is 5.37. The maximum Gasteiger partial charge on any atom is 0.109 e. The SMILES string of the molecule is CCc1cnc(C(C)NC(C)C2CCCN(C)C2)s1. The highest BCUT2D eigenvalue weighted by Gasteiger charge is 2.24. The zero-order valence-electron chi connectivity index (χ0n) is 12.6. The maximum absolute atomic E-state index is 4.55. The number of aryl methyl sites for hydroxylation is 1. The number of piperidine rings is 1. The number of hydrogen-bond donors (Lipinski definition) is 1. The molecule has 2 rings (SSSR count). The van der Waals surface area contributed by atoms with Crippen molar-refractivity contribution in [3.8, 4) is 0 Å². The summed E-state index contributed by atoms with van der Waals surface area (Å²) in [6, 6.07) is 0.930. The van der Waals surface area contributed by atoms with Crippen LogP contribution in [0.4, 0.5) is 0 Å². The van der Waals surface area contributed by atoms with Crippen LogP contribution in [0.15, 0.2) is 6.20 Å². The molecular weight excluding hydrogens is 254 g/mol. The molecule has 2 heterocycles. The highest BCUT2D eigenvalue weighted by atomic mass is 32.1. The van der Waals surface area contributed by atoms with Crippen molar-refractivity contribution in [2.24, 2.45) is 5.92 Å². The number of aromatic nitrogens is 1. The smallest absolute Gasteiger partial charge is 0.109 e. The molecule has 3 nitrogen and oxygen atoms in total. The fourth-order valence-corrected chi connectivity index (χ4v) is 3.77. The topological polar surface area (TPSA) is 28.2 Å². The second-order valence-electron chi connectivity index (χ2n) is 5.86. The molecule has 1 aromatic rings. The van der Waals surface area contributed by atoms with Crippen LogP contribution < -0.4 is 5.32 Å². The average Bonchev–Trinajstić information content (AvgIpc) is 2.87. The second kappa shape index (κ2) is 6.82. The molecule has 19 heavy (non-hydrogen) atoms. The van der Waals surface area contributed by atoms with Crippen LogP contribution >= 0.6 is 11.3 Å². The van der Waals surface area contributed by atoms with Gasteiger partial charge in [-0.05, 0) is 52.6 Å². The lowest BCUT2D eigenvalue weighted by molar-refractivity contribution is 0.174. The first-order chi connectivity index (χ1) is 9.10. The molecular formula is C15H27N3S. The van der Waals surface area contributed by atoms with Crippen molar-refractivity contribution in [3.63, 3.8) is 0 Å². The predicted molar refractivity (Wildman–Crippen MR) is 82.7 cm³/mol. The summed E-state index contributed by atoms with van der Waals surface area (Å²) in [4.78, 5) is 8.38.